The monoisotopic (exact) mass is 347 g/mol. The Morgan fingerprint density at radius 3 is 2.57 bits per heavy atom. The zero-order valence-corrected chi connectivity index (χ0v) is 14.6. The molecule has 1 saturated heterocycles. The van der Waals surface area contributed by atoms with Crippen LogP contribution in [0, 0.1) is 0 Å². The van der Waals surface area contributed by atoms with E-state index < -0.39 is 5.60 Å². The van der Waals surface area contributed by atoms with Gasteiger partial charge in [-0.05, 0) is 16.3 Å². The van der Waals surface area contributed by atoms with Crippen LogP contribution in [0.15, 0.2) is 42.5 Å². The topological polar surface area (TPSA) is 49.3 Å². The van der Waals surface area contributed by atoms with Gasteiger partial charge in [-0.3, -0.25) is 4.79 Å². The Morgan fingerprint density at radius 2 is 1.78 bits per heavy atom. The van der Waals surface area contributed by atoms with Crippen molar-refractivity contribution < 1.29 is 9.90 Å². The summed E-state index contributed by atoms with van der Waals surface area (Å²) < 4.78 is 0. The first-order chi connectivity index (χ1) is 11.2. The lowest BCUT2D eigenvalue weighted by Crippen LogP contribution is -2.47. The summed E-state index contributed by atoms with van der Waals surface area (Å²) in [7, 11) is 0. The van der Waals surface area contributed by atoms with E-state index in [0.29, 0.717) is 24.5 Å². The number of rotatable bonds is 4. The molecule has 2 aromatic carbocycles. The minimum atomic E-state index is -0.791. The second-order valence-corrected chi connectivity index (χ2v) is 8.13. The summed E-state index contributed by atoms with van der Waals surface area (Å²) in [5.41, 5.74) is 0.234. The summed E-state index contributed by atoms with van der Waals surface area (Å²) in [4.78, 5) is 12.3. The van der Waals surface area contributed by atoms with Crippen LogP contribution < -0.4 is 5.32 Å². The van der Waals surface area contributed by atoms with Crippen LogP contribution in [0.3, 0.4) is 0 Å². The third-order valence-corrected chi connectivity index (χ3v) is 6.69. The number of carbonyl (C=O) groups excluding carboxylic acids is 1. The van der Waals surface area contributed by atoms with E-state index >= 15 is 0 Å². The van der Waals surface area contributed by atoms with Gasteiger partial charge in [0.15, 0.2) is 0 Å². The van der Waals surface area contributed by atoms with Gasteiger partial charge < -0.3 is 10.4 Å². The molecule has 3 rings (SSSR count). The number of carbonyl (C=O) groups is 1. The fourth-order valence-electron chi connectivity index (χ4n) is 2.73. The number of hydrogen-bond acceptors (Lipinski definition) is 4. The van der Waals surface area contributed by atoms with E-state index in [1.807, 2.05) is 30.3 Å². The van der Waals surface area contributed by atoms with Crippen LogP contribution in [0.4, 0.5) is 0 Å². The predicted octanol–water partition coefficient (Wildman–Crippen LogP) is 2.71. The molecule has 0 aliphatic carbocycles. The maximum absolute atomic E-state index is 12.3. The molecule has 2 aromatic rings. The van der Waals surface area contributed by atoms with Gasteiger partial charge in [-0.15, -0.1) is 0 Å². The number of hydrogen-bond donors (Lipinski definition) is 2. The highest BCUT2D eigenvalue weighted by Crippen LogP contribution is 2.24. The first-order valence-corrected chi connectivity index (χ1v) is 10.1. The van der Waals surface area contributed by atoms with Gasteiger partial charge in [0.1, 0.15) is 0 Å². The van der Waals surface area contributed by atoms with E-state index in [1.165, 1.54) is 0 Å². The zero-order chi connectivity index (χ0) is 16.1. The highest BCUT2D eigenvalue weighted by molar-refractivity contribution is 8.03. The van der Waals surface area contributed by atoms with Gasteiger partial charge in [-0.2, -0.15) is 23.5 Å². The Balaban J connectivity index is 1.62. The maximum Gasteiger partial charge on any atom is 0.224 e. The second kappa shape index (κ2) is 7.60. The fourth-order valence-corrected chi connectivity index (χ4v) is 5.26. The quantitative estimate of drug-likeness (QED) is 0.893. The molecule has 0 spiro atoms. The van der Waals surface area contributed by atoms with Crippen molar-refractivity contribution in [2.75, 3.05) is 29.6 Å². The number of nitrogens with one attached hydrogen (secondary N) is 1. The first kappa shape index (κ1) is 16.7. The van der Waals surface area contributed by atoms with Crippen molar-refractivity contribution in [3.8, 4) is 0 Å². The largest absolute Gasteiger partial charge is 0.386 e. The van der Waals surface area contributed by atoms with Gasteiger partial charge in [-0.1, -0.05) is 42.5 Å². The van der Waals surface area contributed by atoms with Gasteiger partial charge in [0.25, 0.3) is 0 Å². The summed E-state index contributed by atoms with van der Waals surface area (Å²) >= 11 is 3.52. The molecule has 0 radical (unpaired) electrons. The Labute approximate surface area is 145 Å². The summed E-state index contributed by atoms with van der Waals surface area (Å²) in [5.74, 6) is 3.48. The van der Waals surface area contributed by atoms with Crippen LogP contribution in [0.5, 0.6) is 0 Å². The average Bonchev–Trinajstić information content (AvgIpc) is 2.79. The van der Waals surface area contributed by atoms with E-state index in [2.05, 4.69) is 17.4 Å². The molecule has 1 aliphatic rings. The maximum atomic E-state index is 12.3. The van der Waals surface area contributed by atoms with Crippen molar-refractivity contribution in [3.63, 3.8) is 0 Å². The van der Waals surface area contributed by atoms with Crippen molar-refractivity contribution in [2.24, 2.45) is 0 Å². The molecule has 0 aromatic heterocycles. The molecule has 1 amide bonds. The van der Waals surface area contributed by atoms with Crippen molar-refractivity contribution in [2.45, 2.75) is 12.0 Å². The van der Waals surface area contributed by atoms with Crippen molar-refractivity contribution in [3.05, 3.63) is 48.0 Å². The van der Waals surface area contributed by atoms with E-state index in [1.54, 1.807) is 23.5 Å². The average molecular weight is 348 g/mol. The molecular weight excluding hydrogens is 326 g/mol. The number of benzene rings is 2. The third kappa shape index (κ3) is 4.43. The molecule has 0 bridgehead atoms. The predicted molar refractivity (Wildman–Crippen MR) is 100 cm³/mol. The molecule has 0 atom stereocenters. The van der Waals surface area contributed by atoms with Crippen LogP contribution in [0.25, 0.3) is 10.8 Å². The Kier molecular flexibility index (Phi) is 5.51. The fraction of sp³-hybridized carbons (Fsp3) is 0.389. The minimum Gasteiger partial charge on any atom is -0.386 e. The van der Waals surface area contributed by atoms with Crippen LogP contribution >= 0.6 is 23.5 Å². The smallest absolute Gasteiger partial charge is 0.224 e. The van der Waals surface area contributed by atoms with E-state index in [9.17, 15) is 9.90 Å². The van der Waals surface area contributed by atoms with Gasteiger partial charge in [0.2, 0.25) is 5.91 Å². The van der Waals surface area contributed by atoms with Gasteiger partial charge in [0.05, 0.1) is 12.0 Å². The van der Waals surface area contributed by atoms with Crippen molar-refractivity contribution in [1.29, 1.82) is 0 Å². The molecule has 1 fully saturated rings. The van der Waals surface area contributed by atoms with Crippen LogP contribution in [0.2, 0.25) is 0 Å². The highest BCUT2D eigenvalue weighted by atomic mass is 32.2. The molecule has 3 nitrogen and oxygen atoms in total. The number of amides is 1. The van der Waals surface area contributed by atoms with E-state index in [-0.39, 0.29) is 5.91 Å². The summed E-state index contributed by atoms with van der Waals surface area (Å²) in [6, 6.07) is 14.1. The Hall–Kier alpha value is -1.17. The number of aliphatic hydroxyl groups is 1. The second-order valence-electron chi connectivity index (χ2n) is 5.92. The molecule has 2 N–H and O–H groups in total. The van der Waals surface area contributed by atoms with Crippen LogP contribution in [0.1, 0.15) is 5.56 Å². The zero-order valence-electron chi connectivity index (χ0n) is 13.0. The van der Waals surface area contributed by atoms with Crippen LogP contribution in [-0.2, 0) is 11.2 Å². The SMILES string of the molecule is O=C(Cc1cccc2ccccc12)NCC1(O)CSCCSC1. The van der Waals surface area contributed by atoms with Crippen molar-refractivity contribution >= 4 is 40.2 Å². The highest BCUT2D eigenvalue weighted by Gasteiger charge is 2.29. The number of fused-ring (bicyclic) bond motifs is 1. The standard InChI is InChI=1S/C18H21NO2S2/c20-17(19-11-18(21)12-22-8-9-23-13-18)10-15-6-3-5-14-4-1-2-7-16(14)15/h1-7,21H,8-13H2,(H,19,20). The number of thioether (sulfide) groups is 2. The molecule has 122 valence electrons. The van der Waals surface area contributed by atoms with Crippen LogP contribution in [-0.4, -0.2) is 46.2 Å². The molecular formula is C18H21NO2S2. The lowest BCUT2D eigenvalue weighted by molar-refractivity contribution is -0.121. The first-order valence-electron chi connectivity index (χ1n) is 7.78. The molecule has 0 saturated carbocycles. The van der Waals surface area contributed by atoms with Gasteiger partial charge in [-0.25, -0.2) is 0 Å². The molecule has 0 unspecified atom stereocenters. The van der Waals surface area contributed by atoms with Gasteiger partial charge >= 0.3 is 0 Å². The summed E-state index contributed by atoms with van der Waals surface area (Å²) in [5, 5.41) is 15.8. The minimum absolute atomic E-state index is 0.0333. The van der Waals surface area contributed by atoms with Crippen molar-refractivity contribution in [1.82, 2.24) is 5.32 Å². The van der Waals surface area contributed by atoms with Gasteiger partial charge in [0, 0.05) is 29.6 Å². The summed E-state index contributed by atoms with van der Waals surface area (Å²) in [6.07, 6.45) is 0.345. The molecule has 5 heteroatoms. The normalized spacial score (nSPS) is 17.6. The third-order valence-electron chi connectivity index (χ3n) is 3.96. The lowest BCUT2D eigenvalue weighted by atomic mass is 10.0. The van der Waals surface area contributed by atoms with E-state index in [4.69, 9.17) is 0 Å². The Bertz CT molecular complexity index is 676. The Morgan fingerprint density at radius 1 is 1.09 bits per heavy atom. The molecule has 23 heavy (non-hydrogen) atoms. The summed E-state index contributed by atoms with van der Waals surface area (Å²) in [6.45, 7) is 0.330. The molecule has 1 aliphatic heterocycles. The molecule has 1 heterocycles. The lowest BCUT2D eigenvalue weighted by Gasteiger charge is -2.25. The van der Waals surface area contributed by atoms with E-state index in [0.717, 1.165) is 27.8 Å².